The summed E-state index contributed by atoms with van der Waals surface area (Å²) >= 11 is 0. The minimum Gasteiger partial charge on any atom is -0.309 e. The van der Waals surface area contributed by atoms with Crippen molar-refractivity contribution in [2.45, 2.75) is 206 Å². The van der Waals surface area contributed by atoms with Gasteiger partial charge in [-0.2, -0.15) is 0 Å². The van der Waals surface area contributed by atoms with Crippen molar-refractivity contribution in [3.63, 3.8) is 0 Å². The second kappa shape index (κ2) is 28.2. The molecule has 244 valence electrons. The van der Waals surface area contributed by atoms with Crippen LogP contribution < -0.4 is 0 Å². The minimum absolute atomic E-state index is 0.399. The van der Waals surface area contributed by atoms with Gasteiger partial charge < -0.3 is 4.48 Å². The molecular formula is C38H77N2O+. The van der Waals surface area contributed by atoms with E-state index in [1.54, 1.807) is 0 Å². The van der Waals surface area contributed by atoms with E-state index in [1.165, 1.54) is 193 Å². The number of quaternary nitrogens is 1. The van der Waals surface area contributed by atoms with Crippen molar-refractivity contribution in [2.24, 2.45) is 0 Å². The van der Waals surface area contributed by atoms with Crippen molar-refractivity contribution in [1.82, 2.24) is 4.90 Å². The summed E-state index contributed by atoms with van der Waals surface area (Å²) in [5.74, 6) is 0.399. The Morgan fingerprint density at radius 1 is 0.488 bits per heavy atom. The fraction of sp³-hybridized carbons (Fsp3) is 0.974. The monoisotopic (exact) mass is 578 g/mol. The van der Waals surface area contributed by atoms with Gasteiger partial charge in [0.05, 0.1) is 20.1 Å². The Morgan fingerprint density at radius 2 is 0.780 bits per heavy atom. The third-order valence-electron chi connectivity index (χ3n) is 9.79. The zero-order valence-corrected chi connectivity index (χ0v) is 28.8. The molecule has 41 heavy (non-hydrogen) atoms. The summed E-state index contributed by atoms with van der Waals surface area (Å²) in [4.78, 5) is 14.5. The molecule has 0 spiro atoms. The average molecular weight is 578 g/mol. The Labute approximate surface area is 259 Å². The molecule has 1 heterocycles. The van der Waals surface area contributed by atoms with Crippen LogP contribution in [0.1, 0.15) is 206 Å². The van der Waals surface area contributed by atoms with Gasteiger partial charge in [0, 0.05) is 13.0 Å². The molecule has 1 rings (SSSR count). The summed E-state index contributed by atoms with van der Waals surface area (Å²) in [6, 6.07) is 0. The van der Waals surface area contributed by atoms with Gasteiger partial charge in [0.1, 0.15) is 0 Å². The molecule has 1 aliphatic rings. The molecular weight excluding hydrogens is 500 g/mol. The summed E-state index contributed by atoms with van der Waals surface area (Å²) < 4.78 is 1.09. The molecule has 1 amide bonds. The molecule has 0 bridgehead atoms. The first-order chi connectivity index (χ1) is 20.1. The lowest BCUT2D eigenvalue weighted by Gasteiger charge is -2.38. The highest BCUT2D eigenvalue weighted by atomic mass is 16.2. The number of rotatable bonds is 32. The highest BCUT2D eigenvalue weighted by Crippen LogP contribution is 2.19. The third kappa shape index (κ3) is 23.6. The van der Waals surface area contributed by atoms with Crippen molar-refractivity contribution in [3.05, 3.63) is 0 Å². The van der Waals surface area contributed by atoms with E-state index in [2.05, 4.69) is 25.8 Å². The lowest BCUT2D eigenvalue weighted by molar-refractivity contribution is -0.918. The molecule has 3 nitrogen and oxygen atoms in total. The smallest absolute Gasteiger partial charge is 0.226 e. The van der Waals surface area contributed by atoms with Crippen LogP contribution >= 0.6 is 0 Å². The summed E-state index contributed by atoms with van der Waals surface area (Å²) in [6.45, 7) is 9.05. The van der Waals surface area contributed by atoms with Crippen molar-refractivity contribution < 1.29 is 9.28 Å². The number of likely N-dealkylation sites (tertiary alicyclic amines) is 1. The second-order valence-electron chi connectivity index (χ2n) is 14.2. The quantitative estimate of drug-likeness (QED) is 0.0575. The number of unbranched alkanes of at least 4 members (excludes halogenated alkanes) is 26. The molecule has 1 fully saturated rings. The zero-order valence-electron chi connectivity index (χ0n) is 28.8. The summed E-state index contributed by atoms with van der Waals surface area (Å²) in [7, 11) is 2.44. The van der Waals surface area contributed by atoms with Crippen LogP contribution in [0.5, 0.6) is 0 Å². The van der Waals surface area contributed by atoms with Crippen molar-refractivity contribution in [1.29, 1.82) is 0 Å². The van der Waals surface area contributed by atoms with Gasteiger partial charge in [-0.25, -0.2) is 0 Å². The maximum atomic E-state index is 12.4. The Balaban J connectivity index is 2.08. The SMILES string of the molecule is CCCCCCCCCCCCCCCC[N+](C)(CCCCCCCCCCCCCCCC)CN1CCCC1=O. The molecule has 0 aromatic carbocycles. The number of hydrogen-bond acceptors (Lipinski definition) is 1. The predicted molar refractivity (Wildman–Crippen MR) is 182 cm³/mol. The van der Waals surface area contributed by atoms with Gasteiger partial charge in [-0.3, -0.25) is 9.69 Å². The standard InChI is InChI=1S/C38H77N2O/c1-4-6-8-10-12-14-16-18-20-22-24-26-28-30-35-40(3,37-39-34-32-33-38(39)41)36-31-29-27-25-23-21-19-17-15-13-11-9-7-5-2/h4-37H2,1-3H3/q+1. The first-order valence-corrected chi connectivity index (χ1v) is 19.2. The largest absolute Gasteiger partial charge is 0.309 e. The van der Waals surface area contributed by atoms with Crippen LogP contribution in [0.2, 0.25) is 0 Å². The van der Waals surface area contributed by atoms with E-state index in [4.69, 9.17) is 0 Å². The Kier molecular flexibility index (Phi) is 26.5. The molecule has 0 atom stereocenters. The topological polar surface area (TPSA) is 20.3 Å². The van der Waals surface area contributed by atoms with Gasteiger partial charge in [-0.1, -0.05) is 168 Å². The maximum Gasteiger partial charge on any atom is 0.226 e. The summed E-state index contributed by atoms with van der Waals surface area (Å²) in [5, 5.41) is 0. The van der Waals surface area contributed by atoms with Crippen LogP contribution in [-0.4, -0.2) is 48.6 Å². The van der Waals surface area contributed by atoms with Crippen molar-refractivity contribution >= 4 is 5.91 Å². The van der Waals surface area contributed by atoms with Crippen LogP contribution in [0.3, 0.4) is 0 Å². The Bertz CT molecular complexity index is 530. The molecule has 0 unspecified atom stereocenters. The van der Waals surface area contributed by atoms with Gasteiger partial charge >= 0.3 is 0 Å². The molecule has 0 N–H and O–H groups in total. The van der Waals surface area contributed by atoms with E-state index in [1.807, 2.05) is 0 Å². The number of hydrogen-bond donors (Lipinski definition) is 0. The first kappa shape index (κ1) is 38.5. The average Bonchev–Trinajstić information content (AvgIpc) is 3.36. The summed E-state index contributed by atoms with van der Waals surface area (Å²) in [6.07, 6.45) is 41.6. The zero-order chi connectivity index (χ0) is 29.7. The third-order valence-corrected chi connectivity index (χ3v) is 9.79. The summed E-state index contributed by atoms with van der Waals surface area (Å²) in [5.41, 5.74) is 0. The van der Waals surface area contributed by atoms with Crippen LogP contribution in [0.4, 0.5) is 0 Å². The van der Waals surface area contributed by atoms with Crippen molar-refractivity contribution in [3.8, 4) is 0 Å². The normalized spacial score (nSPS) is 14.0. The van der Waals surface area contributed by atoms with Crippen LogP contribution in [0.15, 0.2) is 0 Å². The van der Waals surface area contributed by atoms with E-state index >= 15 is 0 Å². The van der Waals surface area contributed by atoms with E-state index in [9.17, 15) is 4.79 Å². The maximum absolute atomic E-state index is 12.4. The van der Waals surface area contributed by atoms with Gasteiger partial charge in [-0.15, -0.1) is 0 Å². The van der Waals surface area contributed by atoms with Gasteiger partial charge in [0.25, 0.3) is 0 Å². The molecule has 1 saturated heterocycles. The van der Waals surface area contributed by atoms with Gasteiger partial charge in [0.15, 0.2) is 6.67 Å². The van der Waals surface area contributed by atoms with Gasteiger partial charge in [-0.05, 0) is 32.1 Å². The van der Waals surface area contributed by atoms with E-state index in [0.717, 1.165) is 30.5 Å². The van der Waals surface area contributed by atoms with E-state index < -0.39 is 0 Å². The molecule has 1 aliphatic heterocycles. The number of carbonyl (C=O) groups excluding carboxylic acids is 1. The fourth-order valence-corrected chi connectivity index (χ4v) is 6.90. The predicted octanol–water partition coefficient (Wildman–Crippen LogP) is 12.0. The lowest BCUT2D eigenvalue weighted by atomic mass is 10.0. The van der Waals surface area contributed by atoms with Crippen LogP contribution in [-0.2, 0) is 4.79 Å². The Morgan fingerprint density at radius 3 is 1.05 bits per heavy atom. The van der Waals surface area contributed by atoms with Crippen molar-refractivity contribution in [2.75, 3.05) is 33.4 Å². The molecule has 0 aliphatic carbocycles. The highest BCUT2D eigenvalue weighted by Gasteiger charge is 2.29. The second-order valence-corrected chi connectivity index (χ2v) is 14.2. The minimum atomic E-state index is 0.399. The molecule has 0 radical (unpaired) electrons. The van der Waals surface area contributed by atoms with Crippen LogP contribution in [0, 0.1) is 0 Å². The van der Waals surface area contributed by atoms with Crippen LogP contribution in [0.25, 0.3) is 0 Å². The first-order valence-electron chi connectivity index (χ1n) is 19.2. The number of carbonyl (C=O) groups is 1. The molecule has 0 aromatic heterocycles. The molecule has 0 aromatic rings. The molecule has 0 saturated carbocycles. The number of amides is 1. The highest BCUT2D eigenvalue weighted by molar-refractivity contribution is 5.77. The van der Waals surface area contributed by atoms with E-state index in [-0.39, 0.29) is 0 Å². The molecule has 3 heteroatoms. The number of nitrogens with zero attached hydrogens (tertiary/aromatic N) is 2. The fourth-order valence-electron chi connectivity index (χ4n) is 6.90. The van der Waals surface area contributed by atoms with E-state index in [0.29, 0.717) is 5.91 Å². The van der Waals surface area contributed by atoms with Gasteiger partial charge in [0.2, 0.25) is 5.91 Å². The Hall–Kier alpha value is -0.570. The lowest BCUT2D eigenvalue weighted by Crippen LogP contribution is -2.52.